The van der Waals surface area contributed by atoms with Gasteiger partial charge in [-0.05, 0) is 30.9 Å². The van der Waals surface area contributed by atoms with Gasteiger partial charge in [-0.2, -0.15) is 0 Å². The summed E-state index contributed by atoms with van der Waals surface area (Å²) in [5, 5.41) is 0. The number of rotatable bonds is 2. The summed E-state index contributed by atoms with van der Waals surface area (Å²) in [6, 6.07) is 0. The second-order valence-electron chi connectivity index (χ2n) is 2.90. The first kappa shape index (κ1) is 9.05. The summed E-state index contributed by atoms with van der Waals surface area (Å²) >= 11 is 0. The zero-order valence-corrected chi connectivity index (χ0v) is 7.88. The molecule has 0 unspecified atom stereocenters. The van der Waals surface area contributed by atoms with Crippen molar-refractivity contribution in [2.75, 3.05) is 0 Å². The molecule has 0 aliphatic heterocycles. The molecule has 0 radical (unpaired) electrons. The van der Waals surface area contributed by atoms with Gasteiger partial charge < -0.3 is 0 Å². The molecule has 0 aromatic rings. The van der Waals surface area contributed by atoms with Crippen LogP contribution in [0.5, 0.6) is 0 Å². The molecule has 1 rings (SSSR count). The molecule has 0 amide bonds. The first-order chi connectivity index (χ1) is 5.88. The Morgan fingerprint density at radius 3 is 2.83 bits per heavy atom. The average Bonchev–Trinajstić information content (AvgIpc) is 2.15. The molecule has 0 bridgehead atoms. The zero-order valence-electron chi connectivity index (χ0n) is 7.88. The van der Waals surface area contributed by atoms with E-state index in [1.165, 1.54) is 11.1 Å². The fraction of sp³-hybridized carbons (Fsp3) is 0.333. The van der Waals surface area contributed by atoms with Crippen LogP contribution in [0.1, 0.15) is 26.7 Å². The number of hydrogen-bond donors (Lipinski definition) is 0. The van der Waals surface area contributed by atoms with E-state index in [0.29, 0.717) is 0 Å². The van der Waals surface area contributed by atoms with E-state index in [9.17, 15) is 0 Å². The van der Waals surface area contributed by atoms with E-state index in [1.807, 2.05) is 0 Å². The van der Waals surface area contributed by atoms with E-state index in [2.05, 4.69) is 50.3 Å². The van der Waals surface area contributed by atoms with Crippen LogP contribution in [0.4, 0.5) is 0 Å². The average molecular weight is 160 g/mol. The maximum atomic E-state index is 2.21. The first-order valence-electron chi connectivity index (χ1n) is 4.56. The summed E-state index contributed by atoms with van der Waals surface area (Å²) in [5.74, 6) is 0. The SMILES string of the molecule is C/C=C\C(CC)=C1\C=CC=CC1. The van der Waals surface area contributed by atoms with E-state index in [-0.39, 0.29) is 0 Å². The predicted molar refractivity (Wildman–Crippen MR) is 55.0 cm³/mol. The normalized spacial score (nSPS) is 20.5. The zero-order chi connectivity index (χ0) is 8.81. The molecule has 0 saturated heterocycles. The standard InChI is InChI=1S/C12H16/c1-3-8-11(4-2)12-9-6-5-7-10-12/h3,5-9H,4,10H2,1-2H3/b8-3-,12-11-. The van der Waals surface area contributed by atoms with E-state index < -0.39 is 0 Å². The van der Waals surface area contributed by atoms with Crippen molar-refractivity contribution in [2.45, 2.75) is 26.7 Å². The lowest BCUT2D eigenvalue weighted by Crippen LogP contribution is -1.87. The smallest absolute Gasteiger partial charge is 0.00916 e. The van der Waals surface area contributed by atoms with Gasteiger partial charge in [0.2, 0.25) is 0 Å². The van der Waals surface area contributed by atoms with Crippen LogP contribution in [0.15, 0.2) is 47.6 Å². The molecule has 12 heavy (non-hydrogen) atoms. The molecule has 0 heterocycles. The molecule has 0 atom stereocenters. The summed E-state index contributed by atoms with van der Waals surface area (Å²) in [6.07, 6.45) is 15.1. The van der Waals surface area contributed by atoms with Gasteiger partial charge in [0.05, 0.1) is 0 Å². The van der Waals surface area contributed by atoms with Gasteiger partial charge in [0.25, 0.3) is 0 Å². The van der Waals surface area contributed by atoms with Crippen molar-refractivity contribution in [3.63, 3.8) is 0 Å². The summed E-state index contributed by atoms with van der Waals surface area (Å²) in [6.45, 7) is 4.27. The molecular weight excluding hydrogens is 144 g/mol. The monoisotopic (exact) mass is 160 g/mol. The summed E-state index contributed by atoms with van der Waals surface area (Å²) in [4.78, 5) is 0. The highest BCUT2D eigenvalue weighted by Gasteiger charge is 1.98. The Morgan fingerprint density at radius 2 is 2.33 bits per heavy atom. The van der Waals surface area contributed by atoms with Crippen molar-refractivity contribution < 1.29 is 0 Å². The highest BCUT2D eigenvalue weighted by molar-refractivity contribution is 5.38. The minimum absolute atomic E-state index is 1.09. The van der Waals surface area contributed by atoms with Gasteiger partial charge in [0.1, 0.15) is 0 Å². The highest BCUT2D eigenvalue weighted by atomic mass is 14.0. The Bertz CT molecular complexity index is 249. The first-order valence-corrected chi connectivity index (χ1v) is 4.56. The maximum Gasteiger partial charge on any atom is -0.00916 e. The molecular formula is C12H16. The molecule has 1 aliphatic carbocycles. The second kappa shape index (κ2) is 4.76. The van der Waals surface area contributed by atoms with Crippen molar-refractivity contribution in [2.24, 2.45) is 0 Å². The topological polar surface area (TPSA) is 0 Å². The Balaban J connectivity index is 2.85. The molecule has 0 aromatic carbocycles. The number of allylic oxidation sites excluding steroid dienone is 8. The van der Waals surface area contributed by atoms with Gasteiger partial charge in [-0.25, -0.2) is 0 Å². The third-order valence-corrected chi connectivity index (χ3v) is 2.04. The summed E-state index contributed by atoms with van der Waals surface area (Å²) < 4.78 is 0. The van der Waals surface area contributed by atoms with E-state index in [1.54, 1.807) is 0 Å². The molecule has 1 aliphatic rings. The van der Waals surface area contributed by atoms with E-state index in [4.69, 9.17) is 0 Å². The van der Waals surface area contributed by atoms with Crippen molar-refractivity contribution in [1.29, 1.82) is 0 Å². The third-order valence-electron chi connectivity index (χ3n) is 2.04. The van der Waals surface area contributed by atoms with Crippen LogP contribution < -0.4 is 0 Å². The lowest BCUT2D eigenvalue weighted by Gasteiger charge is -2.07. The highest BCUT2D eigenvalue weighted by Crippen LogP contribution is 2.18. The molecule has 0 N–H and O–H groups in total. The van der Waals surface area contributed by atoms with Crippen LogP contribution in [0.3, 0.4) is 0 Å². The Labute approximate surface area is 75.0 Å². The largest absolute Gasteiger partial charge is 0.0874 e. The second-order valence-corrected chi connectivity index (χ2v) is 2.90. The van der Waals surface area contributed by atoms with E-state index >= 15 is 0 Å². The molecule has 0 spiro atoms. The lowest BCUT2D eigenvalue weighted by atomic mass is 9.99. The van der Waals surface area contributed by atoms with Crippen LogP contribution in [0.25, 0.3) is 0 Å². The third kappa shape index (κ3) is 2.23. The Kier molecular flexibility index (Phi) is 3.59. The Hall–Kier alpha value is -1.04. The van der Waals surface area contributed by atoms with Crippen LogP contribution in [0, 0.1) is 0 Å². The minimum atomic E-state index is 1.09. The number of hydrogen-bond acceptors (Lipinski definition) is 0. The van der Waals surface area contributed by atoms with Crippen molar-refractivity contribution in [3.05, 3.63) is 47.6 Å². The minimum Gasteiger partial charge on any atom is -0.0874 e. The van der Waals surface area contributed by atoms with E-state index in [0.717, 1.165) is 12.8 Å². The fourth-order valence-corrected chi connectivity index (χ4v) is 1.40. The van der Waals surface area contributed by atoms with Crippen LogP contribution in [-0.4, -0.2) is 0 Å². The fourth-order valence-electron chi connectivity index (χ4n) is 1.40. The molecule has 0 nitrogen and oxygen atoms in total. The van der Waals surface area contributed by atoms with Crippen LogP contribution in [0.2, 0.25) is 0 Å². The quantitative estimate of drug-likeness (QED) is 0.576. The molecule has 0 saturated carbocycles. The summed E-state index contributed by atoms with van der Waals surface area (Å²) in [5.41, 5.74) is 2.91. The van der Waals surface area contributed by atoms with Gasteiger partial charge in [0, 0.05) is 0 Å². The van der Waals surface area contributed by atoms with Gasteiger partial charge in [-0.15, -0.1) is 0 Å². The van der Waals surface area contributed by atoms with Gasteiger partial charge in [0.15, 0.2) is 0 Å². The predicted octanol–water partition coefficient (Wildman–Crippen LogP) is 3.79. The van der Waals surface area contributed by atoms with Gasteiger partial charge in [-0.3, -0.25) is 0 Å². The molecule has 0 aromatic heterocycles. The molecule has 0 heteroatoms. The van der Waals surface area contributed by atoms with Crippen molar-refractivity contribution in [1.82, 2.24) is 0 Å². The van der Waals surface area contributed by atoms with Crippen LogP contribution in [-0.2, 0) is 0 Å². The summed E-state index contributed by atoms with van der Waals surface area (Å²) in [7, 11) is 0. The lowest BCUT2D eigenvalue weighted by molar-refractivity contribution is 1.08. The van der Waals surface area contributed by atoms with Crippen LogP contribution >= 0.6 is 0 Å². The molecule has 0 fully saturated rings. The molecule has 64 valence electrons. The van der Waals surface area contributed by atoms with Gasteiger partial charge >= 0.3 is 0 Å². The maximum absolute atomic E-state index is 2.21. The Morgan fingerprint density at radius 1 is 1.50 bits per heavy atom. The van der Waals surface area contributed by atoms with Gasteiger partial charge in [-0.1, -0.05) is 43.4 Å². The van der Waals surface area contributed by atoms with Crippen molar-refractivity contribution >= 4 is 0 Å². The van der Waals surface area contributed by atoms with Crippen molar-refractivity contribution in [3.8, 4) is 0 Å².